The fourth-order valence-corrected chi connectivity index (χ4v) is 2.11. The topological polar surface area (TPSA) is 70.3 Å². The number of carbonyl (C=O) groups is 1. The molecule has 2 aromatic carbocycles. The van der Waals surface area contributed by atoms with E-state index in [1.807, 2.05) is 0 Å². The normalized spacial score (nSPS) is 10.3. The molecule has 0 radical (unpaired) electrons. The number of aliphatic carboxylic acids is 1. The predicted octanol–water partition coefficient (Wildman–Crippen LogP) is 4.21. The fourth-order valence-electron chi connectivity index (χ4n) is 1.64. The van der Waals surface area contributed by atoms with Gasteiger partial charge < -0.3 is 9.84 Å². The zero-order valence-electron chi connectivity index (χ0n) is 10.8. The second-order valence-corrected chi connectivity index (χ2v) is 4.93. The Bertz CT molecular complexity index is 747. The summed E-state index contributed by atoms with van der Waals surface area (Å²) in [4.78, 5) is 10.5. The molecule has 0 bridgehead atoms. The molecule has 2 aromatic rings. The van der Waals surface area contributed by atoms with Gasteiger partial charge in [0.25, 0.3) is 0 Å². The van der Waals surface area contributed by atoms with E-state index in [1.54, 1.807) is 42.5 Å². The molecule has 104 valence electrons. The van der Waals surface area contributed by atoms with E-state index in [1.165, 1.54) is 6.08 Å². The number of benzene rings is 2. The van der Waals surface area contributed by atoms with Crippen LogP contribution in [-0.2, 0) is 4.79 Å². The minimum Gasteiger partial charge on any atom is -0.478 e. The van der Waals surface area contributed by atoms with Crippen LogP contribution >= 0.6 is 15.9 Å². The van der Waals surface area contributed by atoms with Gasteiger partial charge in [-0.1, -0.05) is 18.2 Å². The molecule has 0 amide bonds. The van der Waals surface area contributed by atoms with E-state index in [0.717, 1.165) is 11.6 Å². The third-order valence-corrected chi connectivity index (χ3v) is 3.22. The molecule has 0 spiro atoms. The van der Waals surface area contributed by atoms with E-state index in [9.17, 15) is 4.79 Å². The van der Waals surface area contributed by atoms with Crippen LogP contribution in [0.15, 0.2) is 53.0 Å². The lowest BCUT2D eigenvalue weighted by Crippen LogP contribution is -1.90. The zero-order chi connectivity index (χ0) is 15.2. The van der Waals surface area contributed by atoms with Gasteiger partial charge in [-0.3, -0.25) is 0 Å². The van der Waals surface area contributed by atoms with Crippen molar-refractivity contribution in [3.63, 3.8) is 0 Å². The molecule has 0 aliphatic carbocycles. The van der Waals surface area contributed by atoms with Gasteiger partial charge >= 0.3 is 5.97 Å². The molecule has 0 saturated heterocycles. The summed E-state index contributed by atoms with van der Waals surface area (Å²) in [6.45, 7) is 0. The van der Waals surface area contributed by atoms with Crippen LogP contribution in [0.25, 0.3) is 6.08 Å². The average molecular weight is 344 g/mol. The molecule has 0 heterocycles. The molecule has 5 heteroatoms. The highest BCUT2D eigenvalue weighted by atomic mass is 79.9. The van der Waals surface area contributed by atoms with Crippen molar-refractivity contribution in [3.8, 4) is 17.6 Å². The summed E-state index contributed by atoms with van der Waals surface area (Å²) in [5.74, 6) is 0.00843. The van der Waals surface area contributed by atoms with E-state index in [2.05, 4.69) is 22.0 Å². The lowest BCUT2D eigenvalue weighted by atomic mass is 10.2. The van der Waals surface area contributed by atoms with Gasteiger partial charge in [0, 0.05) is 6.08 Å². The van der Waals surface area contributed by atoms with Crippen LogP contribution < -0.4 is 4.74 Å². The highest BCUT2D eigenvalue weighted by Gasteiger charge is 2.07. The number of nitrogens with zero attached hydrogens (tertiary/aromatic N) is 1. The SMILES string of the molecule is N#Cc1ccccc1Oc1ccc(/C=C/C(=O)O)cc1Br. The van der Waals surface area contributed by atoms with Crippen molar-refractivity contribution in [3.05, 3.63) is 64.1 Å². The van der Waals surface area contributed by atoms with Gasteiger partial charge in [-0.15, -0.1) is 0 Å². The number of ether oxygens (including phenoxy) is 1. The van der Waals surface area contributed by atoms with Gasteiger partial charge in [-0.05, 0) is 51.8 Å². The van der Waals surface area contributed by atoms with Gasteiger partial charge in [-0.2, -0.15) is 5.26 Å². The zero-order valence-corrected chi connectivity index (χ0v) is 12.4. The third-order valence-electron chi connectivity index (χ3n) is 2.60. The average Bonchev–Trinajstić information content (AvgIpc) is 2.48. The van der Waals surface area contributed by atoms with Gasteiger partial charge in [-0.25, -0.2) is 4.79 Å². The van der Waals surface area contributed by atoms with E-state index in [0.29, 0.717) is 21.5 Å². The Labute approximate surface area is 130 Å². The summed E-state index contributed by atoms with van der Waals surface area (Å²) in [5, 5.41) is 17.6. The van der Waals surface area contributed by atoms with Gasteiger partial charge in [0.05, 0.1) is 10.0 Å². The highest BCUT2D eigenvalue weighted by molar-refractivity contribution is 9.10. The van der Waals surface area contributed by atoms with Gasteiger partial charge in [0.1, 0.15) is 17.6 Å². The number of rotatable bonds is 4. The second-order valence-electron chi connectivity index (χ2n) is 4.07. The van der Waals surface area contributed by atoms with Crippen LogP contribution in [0.3, 0.4) is 0 Å². The maximum Gasteiger partial charge on any atom is 0.328 e. The van der Waals surface area contributed by atoms with Crippen LogP contribution in [-0.4, -0.2) is 11.1 Å². The molecular weight excluding hydrogens is 334 g/mol. The lowest BCUT2D eigenvalue weighted by molar-refractivity contribution is -0.131. The first kappa shape index (κ1) is 14.8. The summed E-state index contributed by atoms with van der Waals surface area (Å²) >= 11 is 3.37. The Kier molecular flexibility index (Phi) is 4.75. The second kappa shape index (κ2) is 6.73. The molecule has 0 aromatic heterocycles. The number of carboxylic acids is 1. The van der Waals surface area contributed by atoms with Crippen LogP contribution in [0.2, 0.25) is 0 Å². The van der Waals surface area contributed by atoms with Crippen molar-refractivity contribution in [1.29, 1.82) is 5.26 Å². The third kappa shape index (κ3) is 3.94. The van der Waals surface area contributed by atoms with Crippen LogP contribution in [0.5, 0.6) is 11.5 Å². The van der Waals surface area contributed by atoms with Crippen LogP contribution in [0.1, 0.15) is 11.1 Å². The molecule has 0 atom stereocenters. The van der Waals surface area contributed by atoms with Crippen molar-refractivity contribution in [2.75, 3.05) is 0 Å². The first-order valence-corrected chi connectivity index (χ1v) is 6.77. The van der Waals surface area contributed by atoms with Crippen molar-refractivity contribution >= 4 is 28.0 Å². The molecule has 4 nitrogen and oxygen atoms in total. The number of halogens is 1. The van der Waals surface area contributed by atoms with E-state index < -0.39 is 5.97 Å². The van der Waals surface area contributed by atoms with Gasteiger partial charge in [0.15, 0.2) is 0 Å². The van der Waals surface area contributed by atoms with Crippen molar-refractivity contribution in [2.45, 2.75) is 0 Å². The maximum absolute atomic E-state index is 10.5. The van der Waals surface area contributed by atoms with Crippen molar-refractivity contribution < 1.29 is 14.6 Å². The molecule has 0 fully saturated rings. The Morgan fingerprint density at radius 2 is 2.00 bits per heavy atom. The number of para-hydroxylation sites is 1. The Morgan fingerprint density at radius 1 is 1.24 bits per heavy atom. The van der Waals surface area contributed by atoms with E-state index in [-0.39, 0.29) is 0 Å². The molecule has 0 aliphatic heterocycles. The molecule has 2 rings (SSSR count). The molecule has 0 saturated carbocycles. The molecule has 1 N–H and O–H groups in total. The fraction of sp³-hybridized carbons (Fsp3) is 0. The maximum atomic E-state index is 10.5. The predicted molar refractivity (Wildman–Crippen MR) is 82.0 cm³/mol. The van der Waals surface area contributed by atoms with Gasteiger partial charge in [0.2, 0.25) is 0 Å². The van der Waals surface area contributed by atoms with E-state index >= 15 is 0 Å². The summed E-state index contributed by atoms with van der Waals surface area (Å²) < 4.78 is 6.37. The number of hydrogen-bond donors (Lipinski definition) is 1. The highest BCUT2D eigenvalue weighted by Crippen LogP contribution is 2.32. The smallest absolute Gasteiger partial charge is 0.328 e. The molecular formula is C16H10BrNO3. The van der Waals surface area contributed by atoms with Crippen molar-refractivity contribution in [1.82, 2.24) is 0 Å². The van der Waals surface area contributed by atoms with Crippen LogP contribution in [0, 0.1) is 11.3 Å². The first-order valence-electron chi connectivity index (χ1n) is 5.97. The Balaban J connectivity index is 2.26. The Morgan fingerprint density at radius 3 is 2.67 bits per heavy atom. The lowest BCUT2D eigenvalue weighted by Gasteiger charge is -2.09. The largest absolute Gasteiger partial charge is 0.478 e. The quantitative estimate of drug-likeness (QED) is 0.844. The standard InChI is InChI=1S/C16H10BrNO3/c17-13-9-11(6-8-16(19)20)5-7-15(13)21-14-4-2-1-3-12(14)10-18/h1-9H,(H,19,20)/b8-6+. The summed E-state index contributed by atoms with van der Waals surface area (Å²) in [6.07, 6.45) is 2.55. The Hall–Kier alpha value is -2.58. The molecule has 0 unspecified atom stereocenters. The summed E-state index contributed by atoms with van der Waals surface area (Å²) in [7, 11) is 0. The van der Waals surface area contributed by atoms with E-state index in [4.69, 9.17) is 15.1 Å². The molecule has 0 aliphatic rings. The number of nitriles is 1. The van der Waals surface area contributed by atoms with Crippen LogP contribution in [0.4, 0.5) is 0 Å². The summed E-state index contributed by atoms with van der Waals surface area (Å²) in [5.41, 5.74) is 1.17. The molecule has 21 heavy (non-hydrogen) atoms. The van der Waals surface area contributed by atoms with Crippen molar-refractivity contribution in [2.24, 2.45) is 0 Å². The minimum atomic E-state index is -1.01. The number of carboxylic acid groups (broad SMARTS) is 1. The monoisotopic (exact) mass is 343 g/mol. The first-order chi connectivity index (χ1) is 10.1. The minimum absolute atomic E-state index is 0.444. The number of hydrogen-bond acceptors (Lipinski definition) is 3. The summed E-state index contributed by atoms with van der Waals surface area (Å²) in [6, 6.07) is 14.2.